The fourth-order valence-corrected chi connectivity index (χ4v) is 2.94. The van der Waals surface area contributed by atoms with Crippen molar-refractivity contribution in [3.63, 3.8) is 0 Å². The lowest BCUT2D eigenvalue weighted by molar-refractivity contribution is -0.125. The lowest BCUT2D eigenvalue weighted by atomic mass is 9.94. The van der Waals surface area contributed by atoms with Gasteiger partial charge in [-0.05, 0) is 35.7 Å². The van der Waals surface area contributed by atoms with Crippen LogP contribution >= 0.6 is 35.6 Å². The second-order valence-electron chi connectivity index (χ2n) is 5.54. The van der Waals surface area contributed by atoms with Gasteiger partial charge in [0.1, 0.15) is 0 Å². The number of nitrogens with one attached hydrogen (secondary N) is 1. The Bertz CT molecular complexity index is 644. The van der Waals surface area contributed by atoms with E-state index >= 15 is 0 Å². The second-order valence-corrected chi connectivity index (χ2v) is 6.42. The summed E-state index contributed by atoms with van der Waals surface area (Å²) in [5.74, 6) is -0.366. The van der Waals surface area contributed by atoms with Crippen LogP contribution in [-0.2, 0) is 11.2 Å². The SMILES string of the molecule is CC(C(=O)NCCc1cc(Cl)cc(Cl)c1)C(N)c1ccccc1.Cl. The molecule has 2 unspecified atom stereocenters. The Morgan fingerprint density at radius 3 is 2.29 bits per heavy atom. The Morgan fingerprint density at radius 2 is 1.71 bits per heavy atom. The molecule has 0 saturated carbocycles. The van der Waals surface area contributed by atoms with Crippen LogP contribution in [-0.4, -0.2) is 12.5 Å². The zero-order valence-electron chi connectivity index (χ0n) is 13.3. The molecule has 2 aromatic rings. The largest absolute Gasteiger partial charge is 0.355 e. The summed E-state index contributed by atoms with van der Waals surface area (Å²) in [7, 11) is 0. The van der Waals surface area contributed by atoms with Crippen molar-refractivity contribution in [1.29, 1.82) is 0 Å². The highest BCUT2D eigenvalue weighted by Crippen LogP contribution is 2.20. The number of benzene rings is 2. The Labute approximate surface area is 158 Å². The maximum absolute atomic E-state index is 12.2. The number of hydrogen-bond donors (Lipinski definition) is 2. The van der Waals surface area contributed by atoms with Crippen LogP contribution in [0.2, 0.25) is 10.0 Å². The van der Waals surface area contributed by atoms with Crippen molar-refractivity contribution < 1.29 is 4.79 Å². The van der Waals surface area contributed by atoms with E-state index in [1.807, 2.05) is 49.4 Å². The average molecular weight is 388 g/mol. The molecule has 2 rings (SSSR count). The maximum Gasteiger partial charge on any atom is 0.224 e. The molecule has 3 N–H and O–H groups in total. The molecule has 130 valence electrons. The molecule has 0 spiro atoms. The summed E-state index contributed by atoms with van der Waals surface area (Å²) in [4.78, 5) is 12.2. The molecule has 0 bridgehead atoms. The number of carbonyl (C=O) groups is 1. The van der Waals surface area contributed by atoms with Gasteiger partial charge in [0.15, 0.2) is 0 Å². The summed E-state index contributed by atoms with van der Waals surface area (Å²) >= 11 is 11.9. The van der Waals surface area contributed by atoms with Crippen LogP contribution in [0.1, 0.15) is 24.1 Å². The number of hydrogen-bond acceptors (Lipinski definition) is 2. The van der Waals surface area contributed by atoms with Crippen LogP contribution < -0.4 is 11.1 Å². The minimum Gasteiger partial charge on any atom is -0.355 e. The molecular weight excluding hydrogens is 367 g/mol. The number of amides is 1. The smallest absolute Gasteiger partial charge is 0.224 e. The Morgan fingerprint density at radius 1 is 1.12 bits per heavy atom. The summed E-state index contributed by atoms with van der Waals surface area (Å²) in [5, 5.41) is 4.11. The Hall–Kier alpha value is -1.26. The average Bonchev–Trinajstić information content (AvgIpc) is 2.53. The van der Waals surface area contributed by atoms with Crippen LogP contribution in [0.15, 0.2) is 48.5 Å². The zero-order valence-corrected chi connectivity index (χ0v) is 15.7. The van der Waals surface area contributed by atoms with Gasteiger partial charge in [0.05, 0.1) is 5.92 Å². The van der Waals surface area contributed by atoms with E-state index in [1.54, 1.807) is 6.07 Å². The van der Waals surface area contributed by atoms with Gasteiger partial charge >= 0.3 is 0 Å². The van der Waals surface area contributed by atoms with E-state index in [-0.39, 0.29) is 30.3 Å². The summed E-state index contributed by atoms with van der Waals surface area (Å²) in [6, 6.07) is 14.7. The molecule has 6 heteroatoms. The van der Waals surface area contributed by atoms with E-state index in [2.05, 4.69) is 5.32 Å². The van der Waals surface area contributed by atoms with Crippen LogP contribution in [0.25, 0.3) is 0 Å². The van der Waals surface area contributed by atoms with Gasteiger partial charge in [-0.2, -0.15) is 0 Å². The lowest BCUT2D eigenvalue weighted by Gasteiger charge is -2.19. The fraction of sp³-hybridized carbons (Fsp3) is 0.278. The monoisotopic (exact) mass is 386 g/mol. The Kier molecular flexibility index (Phi) is 8.57. The van der Waals surface area contributed by atoms with Crippen LogP contribution in [0.5, 0.6) is 0 Å². The highest BCUT2D eigenvalue weighted by molar-refractivity contribution is 6.34. The first-order chi connectivity index (χ1) is 11.0. The van der Waals surface area contributed by atoms with Gasteiger partial charge in [-0.15, -0.1) is 12.4 Å². The van der Waals surface area contributed by atoms with Crippen molar-refractivity contribution >= 4 is 41.5 Å². The third-order valence-electron chi connectivity index (χ3n) is 3.77. The van der Waals surface area contributed by atoms with E-state index in [1.165, 1.54) is 0 Å². The van der Waals surface area contributed by atoms with Crippen molar-refractivity contribution in [1.82, 2.24) is 5.32 Å². The number of rotatable bonds is 6. The van der Waals surface area contributed by atoms with Crippen molar-refractivity contribution in [2.24, 2.45) is 11.7 Å². The van der Waals surface area contributed by atoms with Gasteiger partial charge in [-0.25, -0.2) is 0 Å². The molecule has 0 aliphatic heterocycles. The highest BCUT2D eigenvalue weighted by Gasteiger charge is 2.21. The van der Waals surface area contributed by atoms with E-state index in [0.29, 0.717) is 23.0 Å². The van der Waals surface area contributed by atoms with Crippen LogP contribution in [0.3, 0.4) is 0 Å². The molecule has 0 heterocycles. The molecular formula is C18H21Cl3N2O. The van der Waals surface area contributed by atoms with E-state index < -0.39 is 0 Å². The molecule has 0 aliphatic carbocycles. The normalized spacial score (nSPS) is 12.8. The maximum atomic E-state index is 12.2. The topological polar surface area (TPSA) is 55.1 Å². The third kappa shape index (κ3) is 5.99. The van der Waals surface area contributed by atoms with Gasteiger partial charge in [0.2, 0.25) is 5.91 Å². The first-order valence-corrected chi connectivity index (χ1v) is 8.26. The first kappa shape index (κ1) is 20.8. The van der Waals surface area contributed by atoms with Gasteiger partial charge in [-0.3, -0.25) is 4.79 Å². The van der Waals surface area contributed by atoms with Gasteiger partial charge in [0.25, 0.3) is 0 Å². The predicted molar refractivity (Wildman–Crippen MR) is 103 cm³/mol. The van der Waals surface area contributed by atoms with E-state index in [0.717, 1.165) is 11.1 Å². The summed E-state index contributed by atoms with van der Waals surface area (Å²) in [6.07, 6.45) is 0.666. The van der Waals surface area contributed by atoms with Gasteiger partial charge in [-0.1, -0.05) is 60.5 Å². The number of halogens is 3. The first-order valence-electron chi connectivity index (χ1n) is 7.50. The third-order valence-corrected chi connectivity index (χ3v) is 4.21. The number of carbonyl (C=O) groups excluding carboxylic acids is 1. The molecule has 0 radical (unpaired) electrons. The molecule has 2 aromatic carbocycles. The zero-order chi connectivity index (χ0) is 16.8. The minimum absolute atomic E-state index is 0. The van der Waals surface area contributed by atoms with Gasteiger partial charge in [0, 0.05) is 22.6 Å². The molecule has 1 amide bonds. The quantitative estimate of drug-likeness (QED) is 0.771. The minimum atomic E-state index is -0.322. The second kappa shape index (κ2) is 9.90. The number of nitrogens with two attached hydrogens (primary N) is 1. The lowest BCUT2D eigenvalue weighted by Crippen LogP contribution is -2.36. The van der Waals surface area contributed by atoms with E-state index in [9.17, 15) is 4.79 Å². The van der Waals surface area contributed by atoms with Crippen molar-refractivity contribution in [2.45, 2.75) is 19.4 Å². The molecule has 0 aliphatic rings. The molecule has 0 fully saturated rings. The molecule has 0 saturated heterocycles. The van der Waals surface area contributed by atoms with Crippen molar-refractivity contribution in [2.75, 3.05) is 6.54 Å². The molecule has 24 heavy (non-hydrogen) atoms. The Balaban J connectivity index is 0.00000288. The summed E-state index contributed by atoms with van der Waals surface area (Å²) in [5.41, 5.74) is 8.11. The summed E-state index contributed by atoms with van der Waals surface area (Å²) in [6.45, 7) is 2.35. The van der Waals surface area contributed by atoms with Gasteiger partial charge < -0.3 is 11.1 Å². The standard InChI is InChI=1S/C18H20Cl2N2O.ClH/c1-12(17(21)14-5-3-2-4-6-14)18(23)22-8-7-13-9-15(19)11-16(20)10-13;/h2-6,9-12,17H,7-8,21H2,1H3,(H,22,23);1H. The molecule has 0 aromatic heterocycles. The highest BCUT2D eigenvalue weighted by atomic mass is 35.5. The molecule has 2 atom stereocenters. The fourth-order valence-electron chi connectivity index (χ4n) is 2.37. The summed E-state index contributed by atoms with van der Waals surface area (Å²) < 4.78 is 0. The van der Waals surface area contributed by atoms with Crippen molar-refractivity contribution in [3.8, 4) is 0 Å². The van der Waals surface area contributed by atoms with Crippen LogP contribution in [0.4, 0.5) is 0 Å². The van der Waals surface area contributed by atoms with E-state index in [4.69, 9.17) is 28.9 Å². The molecule has 3 nitrogen and oxygen atoms in total. The predicted octanol–water partition coefficient (Wildman–Crippen LogP) is 4.41. The van der Waals surface area contributed by atoms with Crippen molar-refractivity contribution in [3.05, 3.63) is 69.7 Å². The van der Waals surface area contributed by atoms with Crippen LogP contribution in [0, 0.1) is 5.92 Å².